The molecule has 0 unspecified atom stereocenters. The number of carbonyl (C=O) groups excluding carboxylic acids is 2. The number of anilines is 2. The highest BCUT2D eigenvalue weighted by Crippen LogP contribution is 2.34. The number of ether oxygens (including phenoxy) is 2. The van der Waals surface area contributed by atoms with Crippen molar-refractivity contribution in [3.05, 3.63) is 48.0 Å². The molecule has 0 saturated carbocycles. The third kappa shape index (κ3) is 4.20. The Balaban J connectivity index is 1.56. The summed E-state index contributed by atoms with van der Waals surface area (Å²) < 4.78 is 10.5. The van der Waals surface area contributed by atoms with Crippen molar-refractivity contribution in [2.24, 2.45) is 0 Å². The second-order valence-electron chi connectivity index (χ2n) is 5.48. The highest BCUT2D eigenvalue weighted by Gasteiger charge is 2.14. The summed E-state index contributed by atoms with van der Waals surface area (Å²) in [6, 6.07) is 11.5. The summed E-state index contributed by atoms with van der Waals surface area (Å²) >= 11 is 0. The summed E-state index contributed by atoms with van der Waals surface area (Å²) in [6.07, 6.45) is 0.880. The molecule has 1 aliphatic heterocycles. The fraction of sp³-hybridized carbons (Fsp3) is 0.222. The monoisotopic (exact) mass is 341 g/mol. The molecule has 7 nitrogen and oxygen atoms in total. The number of hydrogen-bond acceptors (Lipinski definition) is 4. The minimum atomic E-state index is -0.387. The van der Waals surface area contributed by atoms with Gasteiger partial charge in [0.1, 0.15) is 0 Å². The smallest absolute Gasteiger partial charge is 0.323 e. The van der Waals surface area contributed by atoms with Gasteiger partial charge in [-0.15, -0.1) is 0 Å². The van der Waals surface area contributed by atoms with E-state index in [1.165, 1.54) is 0 Å². The molecule has 130 valence electrons. The number of benzene rings is 2. The molecule has 25 heavy (non-hydrogen) atoms. The van der Waals surface area contributed by atoms with Crippen molar-refractivity contribution in [2.75, 3.05) is 24.0 Å². The topological polar surface area (TPSA) is 88.7 Å². The first-order valence-electron chi connectivity index (χ1n) is 8.01. The number of nitrogens with one attached hydrogen (secondary N) is 3. The molecule has 3 rings (SSSR count). The maximum atomic E-state index is 12.1. The van der Waals surface area contributed by atoms with Crippen LogP contribution in [-0.4, -0.2) is 25.3 Å². The molecule has 3 N–H and O–H groups in total. The average Bonchev–Trinajstić information content (AvgIpc) is 3.08. The van der Waals surface area contributed by atoms with Crippen LogP contribution >= 0.6 is 0 Å². The van der Waals surface area contributed by atoms with E-state index in [4.69, 9.17) is 9.47 Å². The van der Waals surface area contributed by atoms with Gasteiger partial charge in [0.2, 0.25) is 6.79 Å². The molecule has 0 saturated heterocycles. The Labute approximate surface area is 145 Å². The predicted octanol–water partition coefficient (Wildman–Crippen LogP) is 3.20. The zero-order valence-corrected chi connectivity index (χ0v) is 13.8. The molecule has 0 aromatic heterocycles. The normalized spacial score (nSPS) is 11.7. The quantitative estimate of drug-likeness (QED) is 0.779. The van der Waals surface area contributed by atoms with Crippen LogP contribution in [0, 0.1) is 0 Å². The van der Waals surface area contributed by atoms with Gasteiger partial charge in [0.25, 0.3) is 5.91 Å². The average molecular weight is 341 g/mol. The van der Waals surface area contributed by atoms with Crippen molar-refractivity contribution < 1.29 is 19.1 Å². The van der Waals surface area contributed by atoms with Gasteiger partial charge < -0.3 is 25.4 Å². The first kappa shape index (κ1) is 16.6. The van der Waals surface area contributed by atoms with Gasteiger partial charge in [0.05, 0.1) is 0 Å². The number of fused-ring (bicyclic) bond motifs is 1. The van der Waals surface area contributed by atoms with Crippen LogP contribution in [0.2, 0.25) is 0 Å². The first-order valence-corrected chi connectivity index (χ1v) is 8.01. The summed E-state index contributed by atoms with van der Waals surface area (Å²) in [7, 11) is 0. The molecule has 1 heterocycles. The van der Waals surface area contributed by atoms with Gasteiger partial charge in [-0.3, -0.25) is 4.79 Å². The van der Waals surface area contributed by atoms with Crippen LogP contribution < -0.4 is 25.4 Å². The highest BCUT2D eigenvalue weighted by atomic mass is 16.7. The Hall–Kier alpha value is -3.22. The van der Waals surface area contributed by atoms with Crippen LogP contribution in [0.1, 0.15) is 23.7 Å². The first-order chi connectivity index (χ1) is 12.2. The largest absolute Gasteiger partial charge is 0.454 e. The van der Waals surface area contributed by atoms with Crippen LogP contribution in [0.25, 0.3) is 0 Å². The number of rotatable bonds is 5. The van der Waals surface area contributed by atoms with E-state index in [1.807, 2.05) is 6.92 Å². The number of carbonyl (C=O) groups is 2. The van der Waals surface area contributed by atoms with Crippen LogP contribution in [0.5, 0.6) is 11.5 Å². The van der Waals surface area contributed by atoms with Crippen molar-refractivity contribution in [3.8, 4) is 11.5 Å². The van der Waals surface area contributed by atoms with E-state index in [0.717, 1.165) is 6.42 Å². The molecule has 0 bridgehead atoms. The maximum Gasteiger partial charge on any atom is 0.323 e. The van der Waals surface area contributed by atoms with E-state index < -0.39 is 0 Å². The van der Waals surface area contributed by atoms with Crippen LogP contribution in [-0.2, 0) is 0 Å². The number of amides is 3. The van der Waals surface area contributed by atoms with E-state index in [9.17, 15) is 9.59 Å². The summed E-state index contributed by atoms with van der Waals surface area (Å²) in [5.41, 5.74) is 1.73. The fourth-order valence-electron chi connectivity index (χ4n) is 2.31. The number of urea groups is 1. The molecule has 2 aromatic rings. The lowest BCUT2D eigenvalue weighted by Gasteiger charge is -2.09. The Bertz CT molecular complexity index is 774. The van der Waals surface area contributed by atoms with Crippen molar-refractivity contribution in [1.29, 1.82) is 0 Å². The number of hydrogen-bond donors (Lipinski definition) is 3. The van der Waals surface area contributed by atoms with E-state index in [1.54, 1.807) is 42.5 Å². The van der Waals surface area contributed by atoms with Gasteiger partial charge in [-0.05, 0) is 42.8 Å². The lowest BCUT2D eigenvalue weighted by molar-refractivity contribution is 0.0953. The van der Waals surface area contributed by atoms with Crippen LogP contribution in [0.15, 0.2) is 42.5 Å². The Morgan fingerprint density at radius 3 is 2.40 bits per heavy atom. The van der Waals surface area contributed by atoms with Gasteiger partial charge in [0, 0.05) is 29.5 Å². The summed E-state index contributed by atoms with van der Waals surface area (Å²) in [6.45, 7) is 2.81. The predicted molar refractivity (Wildman–Crippen MR) is 94.3 cm³/mol. The summed E-state index contributed by atoms with van der Waals surface area (Å²) in [4.78, 5) is 23.9. The zero-order chi connectivity index (χ0) is 17.6. The molecule has 0 spiro atoms. The minimum Gasteiger partial charge on any atom is -0.454 e. The van der Waals surface area contributed by atoms with Gasteiger partial charge in [-0.25, -0.2) is 4.79 Å². The molecule has 0 atom stereocenters. The standard InChI is InChI=1S/C18H19N3O4/c1-2-9-19-17(22)12-3-5-13(6-4-12)20-18(23)21-14-7-8-15-16(10-14)25-11-24-15/h3-8,10H,2,9,11H2,1H3,(H,19,22)(H2,20,21,23). The third-order valence-electron chi connectivity index (χ3n) is 3.57. The fourth-order valence-corrected chi connectivity index (χ4v) is 2.31. The van der Waals surface area contributed by atoms with E-state index in [2.05, 4.69) is 16.0 Å². The van der Waals surface area contributed by atoms with E-state index in [0.29, 0.717) is 35.0 Å². The lowest BCUT2D eigenvalue weighted by Crippen LogP contribution is -2.24. The molecular formula is C18H19N3O4. The van der Waals surface area contributed by atoms with Gasteiger partial charge in [-0.2, -0.15) is 0 Å². The third-order valence-corrected chi connectivity index (χ3v) is 3.57. The summed E-state index contributed by atoms with van der Waals surface area (Å²) in [5, 5.41) is 8.24. The SMILES string of the molecule is CCCNC(=O)c1ccc(NC(=O)Nc2ccc3c(c2)OCO3)cc1. The van der Waals surface area contributed by atoms with Gasteiger partial charge in [-0.1, -0.05) is 6.92 Å². The van der Waals surface area contributed by atoms with E-state index in [-0.39, 0.29) is 18.7 Å². The Morgan fingerprint density at radius 2 is 1.64 bits per heavy atom. The second-order valence-corrected chi connectivity index (χ2v) is 5.48. The van der Waals surface area contributed by atoms with Crippen molar-refractivity contribution in [1.82, 2.24) is 5.32 Å². The van der Waals surface area contributed by atoms with Gasteiger partial charge in [0.15, 0.2) is 11.5 Å². The van der Waals surface area contributed by atoms with Crippen molar-refractivity contribution >= 4 is 23.3 Å². The summed E-state index contributed by atoms with van der Waals surface area (Å²) in [5.74, 6) is 1.13. The molecule has 7 heteroatoms. The molecule has 1 aliphatic rings. The van der Waals surface area contributed by atoms with Crippen molar-refractivity contribution in [2.45, 2.75) is 13.3 Å². The minimum absolute atomic E-state index is 0.127. The molecule has 3 amide bonds. The van der Waals surface area contributed by atoms with Crippen LogP contribution in [0.4, 0.5) is 16.2 Å². The van der Waals surface area contributed by atoms with Gasteiger partial charge >= 0.3 is 6.03 Å². The molecular weight excluding hydrogens is 322 g/mol. The molecule has 0 aliphatic carbocycles. The molecule has 0 radical (unpaired) electrons. The van der Waals surface area contributed by atoms with E-state index >= 15 is 0 Å². The molecule has 0 fully saturated rings. The maximum absolute atomic E-state index is 12.1. The highest BCUT2D eigenvalue weighted by molar-refractivity contribution is 6.00. The lowest BCUT2D eigenvalue weighted by atomic mass is 10.2. The van der Waals surface area contributed by atoms with Crippen molar-refractivity contribution in [3.63, 3.8) is 0 Å². The molecule has 2 aromatic carbocycles. The van der Waals surface area contributed by atoms with Crippen LogP contribution in [0.3, 0.4) is 0 Å². The second kappa shape index (κ2) is 7.57. The Kier molecular flexibility index (Phi) is 5.03. The zero-order valence-electron chi connectivity index (χ0n) is 13.8. The Morgan fingerprint density at radius 1 is 0.960 bits per heavy atom.